The Labute approximate surface area is 113 Å². The average Bonchev–Trinajstić information content (AvgIpc) is 2.36. The van der Waals surface area contributed by atoms with Gasteiger partial charge in [-0.15, -0.1) is 0 Å². The molecule has 4 nitrogen and oxygen atoms in total. The predicted octanol–water partition coefficient (Wildman–Crippen LogP) is 3.30. The molecule has 0 aliphatic rings. The second-order valence-electron chi connectivity index (χ2n) is 4.14. The minimum Gasteiger partial charge on any atom is -0.427 e. The predicted molar refractivity (Wildman–Crippen MR) is 75.0 cm³/mol. The summed E-state index contributed by atoms with van der Waals surface area (Å²) in [7, 11) is 0. The van der Waals surface area contributed by atoms with Gasteiger partial charge in [-0.25, -0.2) is 0 Å². The van der Waals surface area contributed by atoms with Crippen molar-refractivity contribution in [1.82, 2.24) is 0 Å². The van der Waals surface area contributed by atoms with Gasteiger partial charge in [0.25, 0.3) is 0 Å². The number of nitrogens with one attached hydrogen (secondary N) is 1. The number of amides is 1. The molecule has 4 heteroatoms. The monoisotopic (exact) mass is 261 g/mol. The van der Waals surface area contributed by atoms with E-state index in [1.54, 1.807) is 24.3 Å². The maximum absolute atomic E-state index is 11.5. The molecule has 0 bridgehead atoms. The van der Waals surface area contributed by atoms with Crippen LogP contribution in [0, 0.1) is 0 Å². The molecule has 0 unspecified atom stereocenters. The molecular weight excluding hydrogens is 242 g/mol. The van der Waals surface area contributed by atoms with Crippen molar-refractivity contribution in [2.75, 3.05) is 5.32 Å². The van der Waals surface area contributed by atoms with Crippen molar-refractivity contribution in [3.05, 3.63) is 36.4 Å². The summed E-state index contributed by atoms with van der Waals surface area (Å²) in [6.07, 6.45) is 6.06. The molecule has 0 fully saturated rings. The second kappa shape index (κ2) is 8.08. The maximum atomic E-state index is 11.5. The third kappa shape index (κ3) is 6.41. The number of rotatable bonds is 6. The van der Waals surface area contributed by atoms with Gasteiger partial charge < -0.3 is 10.1 Å². The lowest BCUT2D eigenvalue weighted by molar-refractivity contribution is -0.134. The molecule has 0 atom stereocenters. The number of unbranched alkanes of at least 4 members (excludes halogenated alkanes) is 1. The summed E-state index contributed by atoms with van der Waals surface area (Å²) in [5, 5.41) is 2.65. The van der Waals surface area contributed by atoms with Crippen LogP contribution in [0.15, 0.2) is 36.4 Å². The zero-order chi connectivity index (χ0) is 14.1. The normalized spacial score (nSPS) is 10.4. The van der Waals surface area contributed by atoms with Crippen LogP contribution in [0.1, 0.15) is 33.1 Å². The minimum atomic E-state index is -0.239. The number of carbonyl (C=O) groups excluding carboxylic acids is 2. The summed E-state index contributed by atoms with van der Waals surface area (Å²) in [5.74, 6) is 0.121. The number of allylic oxidation sites excluding steroid dienone is 2. The van der Waals surface area contributed by atoms with E-state index in [-0.39, 0.29) is 11.9 Å². The molecule has 0 heterocycles. The first kappa shape index (κ1) is 15.0. The van der Waals surface area contributed by atoms with E-state index >= 15 is 0 Å². The molecule has 0 aliphatic heterocycles. The summed E-state index contributed by atoms with van der Waals surface area (Å²) < 4.78 is 5.18. The first-order chi connectivity index (χ1) is 9.11. The highest BCUT2D eigenvalue weighted by Gasteiger charge is 2.04. The van der Waals surface area contributed by atoms with Gasteiger partial charge in [0.15, 0.2) is 0 Å². The highest BCUT2D eigenvalue weighted by atomic mass is 16.5. The summed E-state index contributed by atoms with van der Waals surface area (Å²) in [6, 6.07) is 6.72. The van der Waals surface area contributed by atoms with Crippen LogP contribution in [-0.2, 0) is 9.59 Å². The van der Waals surface area contributed by atoms with E-state index < -0.39 is 0 Å². The Hall–Kier alpha value is -2.10. The Kier molecular flexibility index (Phi) is 6.36. The van der Waals surface area contributed by atoms with E-state index in [2.05, 4.69) is 5.32 Å². The highest BCUT2D eigenvalue weighted by molar-refractivity contribution is 5.88. The molecule has 0 aliphatic carbocycles. The Morgan fingerprint density at radius 2 is 1.95 bits per heavy atom. The van der Waals surface area contributed by atoms with E-state index in [4.69, 9.17) is 4.74 Å². The largest absolute Gasteiger partial charge is 0.427 e. The Morgan fingerprint density at radius 1 is 1.26 bits per heavy atom. The molecule has 102 valence electrons. The van der Waals surface area contributed by atoms with Crippen molar-refractivity contribution in [2.45, 2.75) is 33.1 Å². The van der Waals surface area contributed by atoms with Crippen LogP contribution in [0.25, 0.3) is 0 Å². The van der Waals surface area contributed by atoms with Gasteiger partial charge in [0.05, 0.1) is 0 Å². The third-order valence-electron chi connectivity index (χ3n) is 2.39. The van der Waals surface area contributed by atoms with Gasteiger partial charge in [0.1, 0.15) is 5.75 Å². The van der Waals surface area contributed by atoms with Crippen LogP contribution in [0.4, 0.5) is 5.69 Å². The molecular formula is C15H19NO3. The van der Waals surface area contributed by atoms with Crippen LogP contribution in [0.2, 0.25) is 0 Å². The van der Waals surface area contributed by atoms with E-state index in [1.165, 1.54) is 6.92 Å². The van der Waals surface area contributed by atoms with Gasteiger partial charge in [-0.3, -0.25) is 9.59 Å². The summed E-state index contributed by atoms with van der Waals surface area (Å²) >= 11 is 0. The van der Waals surface area contributed by atoms with Gasteiger partial charge in [0, 0.05) is 19.0 Å². The van der Waals surface area contributed by atoms with Gasteiger partial charge in [-0.05, 0) is 44.0 Å². The van der Waals surface area contributed by atoms with Crippen LogP contribution >= 0.6 is 0 Å². The quantitative estimate of drug-likeness (QED) is 0.370. The van der Waals surface area contributed by atoms with Crippen LogP contribution < -0.4 is 10.1 Å². The fourth-order valence-corrected chi connectivity index (χ4v) is 1.52. The Bertz CT molecular complexity index is 449. The van der Waals surface area contributed by atoms with Crippen LogP contribution in [0.3, 0.4) is 0 Å². The van der Waals surface area contributed by atoms with Gasteiger partial charge in [-0.1, -0.05) is 12.2 Å². The van der Waals surface area contributed by atoms with Crippen LogP contribution in [-0.4, -0.2) is 11.9 Å². The maximum Gasteiger partial charge on any atom is 0.311 e. The number of hydrogen-bond acceptors (Lipinski definition) is 3. The van der Waals surface area contributed by atoms with E-state index in [9.17, 15) is 9.59 Å². The van der Waals surface area contributed by atoms with E-state index in [0.717, 1.165) is 12.8 Å². The second-order valence-corrected chi connectivity index (χ2v) is 4.14. The van der Waals surface area contributed by atoms with Crippen molar-refractivity contribution < 1.29 is 14.3 Å². The Morgan fingerprint density at radius 3 is 2.53 bits per heavy atom. The van der Waals surface area contributed by atoms with E-state index in [0.29, 0.717) is 17.9 Å². The van der Waals surface area contributed by atoms with Gasteiger partial charge >= 0.3 is 5.97 Å². The summed E-state index contributed by atoms with van der Waals surface area (Å²) in [4.78, 5) is 22.4. The number of hydrogen-bond donors (Lipinski definition) is 1. The first-order valence-electron chi connectivity index (χ1n) is 6.31. The molecule has 1 rings (SSSR count). The number of carbonyl (C=O) groups is 2. The van der Waals surface area contributed by atoms with Crippen molar-refractivity contribution >= 4 is 17.6 Å². The van der Waals surface area contributed by atoms with Crippen LogP contribution in [0.5, 0.6) is 5.75 Å². The molecule has 0 radical (unpaired) electrons. The molecule has 0 saturated heterocycles. The molecule has 0 aromatic heterocycles. The standard InChI is InChI=1S/C15H19NO3/c1-3-4-5-6-7-15(18)19-14-10-8-13(9-11-14)16-12(2)17/h3-4,8-11H,5-7H2,1-2H3,(H,16,17)/b4-3-. The topological polar surface area (TPSA) is 55.4 Å². The summed E-state index contributed by atoms with van der Waals surface area (Å²) in [5.41, 5.74) is 0.681. The van der Waals surface area contributed by atoms with Crippen molar-refractivity contribution in [2.24, 2.45) is 0 Å². The molecule has 1 aromatic rings. The fourth-order valence-electron chi connectivity index (χ4n) is 1.52. The molecule has 1 aromatic carbocycles. The van der Waals surface area contributed by atoms with E-state index in [1.807, 2.05) is 19.1 Å². The number of esters is 1. The SMILES string of the molecule is C/C=C\CCCC(=O)Oc1ccc(NC(C)=O)cc1. The first-order valence-corrected chi connectivity index (χ1v) is 6.31. The molecule has 1 N–H and O–H groups in total. The average molecular weight is 261 g/mol. The smallest absolute Gasteiger partial charge is 0.311 e. The fraction of sp³-hybridized carbons (Fsp3) is 0.333. The summed E-state index contributed by atoms with van der Waals surface area (Å²) in [6.45, 7) is 3.40. The lowest BCUT2D eigenvalue weighted by Crippen LogP contribution is -2.08. The van der Waals surface area contributed by atoms with Gasteiger partial charge in [-0.2, -0.15) is 0 Å². The van der Waals surface area contributed by atoms with Crippen molar-refractivity contribution in [3.63, 3.8) is 0 Å². The number of benzene rings is 1. The number of ether oxygens (including phenoxy) is 1. The Balaban J connectivity index is 2.40. The highest BCUT2D eigenvalue weighted by Crippen LogP contribution is 2.16. The lowest BCUT2D eigenvalue weighted by Gasteiger charge is -2.05. The molecule has 0 spiro atoms. The van der Waals surface area contributed by atoms with Crippen molar-refractivity contribution in [3.8, 4) is 5.75 Å². The minimum absolute atomic E-state index is 0.131. The third-order valence-corrected chi connectivity index (χ3v) is 2.39. The molecule has 0 saturated carbocycles. The number of anilines is 1. The molecule has 19 heavy (non-hydrogen) atoms. The van der Waals surface area contributed by atoms with Gasteiger partial charge in [0.2, 0.25) is 5.91 Å². The zero-order valence-corrected chi connectivity index (χ0v) is 11.3. The lowest BCUT2D eigenvalue weighted by atomic mass is 10.2. The van der Waals surface area contributed by atoms with Crippen molar-refractivity contribution in [1.29, 1.82) is 0 Å². The molecule has 1 amide bonds. The zero-order valence-electron chi connectivity index (χ0n) is 11.3.